The summed E-state index contributed by atoms with van der Waals surface area (Å²) in [5.41, 5.74) is 1.47. The number of carbonyl (C=O) groups excluding carboxylic acids is 1. The van der Waals surface area contributed by atoms with Gasteiger partial charge >= 0.3 is 23.0 Å². The van der Waals surface area contributed by atoms with E-state index in [1.54, 1.807) is 32.4 Å². The third-order valence-corrected chi connectivity index (χ3v) is 9.75. The summed E-state index contributed by atoms with van der Waals surface area (Å²) in [7, 11) is 4.73. The largest absolute Gasteiger partial charge is 2.00 e. The van der Waals surface area contributed by atoms with Crippen molar-refractivity contribution in [2.45, 2.75) is 70.3 Å². The van der Waals surface area contributed by atoms with Crippen molar-refractivity contribution in [3.05, 3.63) is 97.3 Å². The normalized spacial score (nSPS) is 25.2. The van der Waals surface area contributed by atoms with Crippen LogP contribution in [0.3, 0.4) is 0 Å². The number of hydrogen-bond donors (Lipinski definition) is 4. The fourth-order valence-corrected chi connectivity index (χ4v) is 6.26. The van der Waals surface area contributed by atoms with E-state index in [1.807, 2.05) is 54.6 Å². The Labute approximate surface area is 316 Å². The molecule has 2 saturated heterocycles. The zero-order chi connectivity index (χ0) is 36.4. The number of aliphatic hydroxyl groups is 4. The van der Waals surface area contributed by atoms with Crippen LogP contribution in [0, 0.1) is 12.5 Å². The summed E-state index contributed by atoms with van der Waals surface area (Å²) in [5.74, 6) is -0.479. The number of pyridine rings is 3. The zero-order valence-corrected chi connectivity index (χ0v) is 30.9. The Morgan fingerprint density at radius 3 is 1.94 bits per heavy atom. The van der Waals surface area contributed by atoms with Crippen LogP contribution in [0.5, 0.6) is 0 Å². The maximum Gasteiger partial charge on any atom is 2.00 e. The first kappa shape index (κ1) is 41.8. The second kappa shape index (κ2) is 19.4. The van der Waals surface area contributed by atoms with Gasteiger partial charge in [-0.3, -0.25) is 29.5 Å². The van der Waals surface area contributed by atoms with E-state index in [0.29, 0.717) is 45.0 Å². The van der Waals surface area contributed by atoms with Gasteiger partial charge in [0.25, 0.3) is 6.23 Å². The van der Waals surface area contributed by atoms with E-state index >= 15 is 0 Å². The summed E-state index contributed by atoms with van der Waals surface area (Å²) >= 11 is 0. The minimum absolute atomic E-state index is 0. The third kappa shape index (κ3) is 11.1. The summed E-state index contributed by atoms with van der Waals surface area (Å²) in [6.45, 7) is 8.31. The molecule has 0 bridgehead atoms. The molecule has 2 aliphatic heterocycles. The SMILES string of the molecule is [CH2-][N+]1(C(OC(=O)C(C)(C)CCO[C@@H]2O[C@H](CO)[C@H](O)[C@H](O)[C@H]2O)c2ccccn2)CCN(Cc2ccccn2)CCN(Cc2ccccn2)CC1.[Fe+2]. The van der Waals surface area contributed by atoms with Crippen molar-refractivity contribution in [3.63, 3.8) is 0 Å². The molecule has 0 radical (unpaired) electrons. The first-order valence-corrected chi connectivity index (χ1v) is 17.5. The van der Waals surface area contributed by atoms with Crippen molar-refractivity contribution in [3.8, 4) is 0 Å². The molecule has 0 aromatic carbocycles. The predicted molar refractivity (Wildman–Crippen MR) is 186 cm³/mol. The van der Waals surface area contributed by atoms with Crippen molar-refractivity contribution >= 4 is 5.97 Å². The van der Waals surface area contributed by atoms with Crippen LogP contribution >= 0.6 is 0 Å². The number of esters is 1. The van der Waals surface area contributed by atoms with Gasteiger partial charge < -0.3 is 39.1 Å². The third-order valence-electron chi connectivity index (χ3n) is 9.75. The number of nitrogens with zero attached hydrogens (tertiary/aromatic N) is 6. The molecule has 0 spiro atoms. The minimum Gasteiger partial charge on any atom is -0.414 e. The van der Waals surface area contributed by atoms with Crippen molar-refractivity contribution in [2.24, 2.45) is 5.41 Å². The molecule has 4 N–H and O–H groups in total. The number of quaternary nitrogens is 1. The van der Waals surface area contributed by atoms with Crippen LogP contribution in [-0.4, -0.2) is 139 Å². The van der Waals surface area contributed by atoms with Crippen LogP contribution in [0.1, 0.15) is 43.6 Å². The second-order valence-corrected chi connectivity index (χ2v) is 14.1. The van der Waals surface area contributed by atoms with Gasteiger partial charge in [-0.25, -0.2) is 0 Å². The molecule has 52 heavy (non-hydrogen) atoms. The van der Waals surface area contributed by atoms with Crippen molar-refractivity contribution in [1.29, 1.82) is 0 Å². The van der Waals surface area contributed by atoms with Gasteiger partial charge in [0.15, 0.2) is 6.29 Å². The first-order valence-electron chi connectivity index (χ1n) is 17.5. The molecule has 0 amide bonds. The Morgan fingerprint density at radius 2 is 1.44 bits per heavy atom. The molecular weight excluding hydrogens is 712 g/mol. The maximum atomic E-state index is 14.0. The molecule has 15 heteroatoms. The number of hydrogen-bond acceptors (Lipinski definition) is 13. The molecule has 3 aromatic rings. The van der Waals surface area contributed by atoms with E-state index in [1.165, 1.54) is 0 Å². The molecule has 5 heterocycles. The van der Waals surface area contributed by atoms with Gasteiger partial charge in [-0.15, -0.1) is 7.05 Å². The number of aliphatic hydroxyl groups excluding tert-OH is 4. The second-order valence-electron chi connectivity index (χ2n) is 14.1. The Kier molecular flexibility index (Phi) is 15.6. The smallest absolute Gasteiger partial charge is 0.414 e. The van der Waals surface area contributed by atoms with Gasteiger partial charge in [0, 0.05) is 57.9 Å². The van der Waals surface area contributed by atoms with E-state index in [4.69, 9.17) is 21.3 Å². The van der Waals surface area contributed by atoms with Crippen LogP contribution in [0.25, 0.3) is 0 Å². The predicted octanol–water partition coefficient (Wildman–Crippen LogP) is 1.27. The summed E-state index contributed by atoms with van der Waals surface area (Å²) in [5, 5.41) is 40.1. The van der Waals surface area contributed by atoms with Gasteiger partial charge in [0.1, 0.15) is 30.1 Å². The standard InChI is InChI=1S/C37H52N6O8.Fe/c1-37(2,13-23-49-35-33(47)32(46)31(45)30(26-44)50-35)36(48)51-34(29-12-6-9-16-40-29)43(3)21-19-41(24-27-10-4-7-14-38-27)17-18-42(20-22-43)25-28-11-5-8-15-39-28;/h4-12,14-16,30-35,44-47H,3,13,17-26H2,1-2H3;/q;+2/t30-,31+,32+,33-,34?,35-;/m1./s1. The van der Waals surface area contributed by atoms with Crippen LogP contribution in [0.2, 0.25) is 0 Å². The molecule has 0 saturated carbocycles. The minimum atomic E-state index is -1.56. The van der Waals surface area contributed by atoms with Crippen LogP contribution in [0.15, 0.2) is 73.2 Å². The Bertz CT molecular complexity index is 1440. The Balaban J connectivity index is 0.00000605. The summed E-state index contributed by atoms with van der Waals surface area (Å²) < 4.78 is 17.7. The number of ether oxygens (including phenoxy) is 3. The molecule has 3 aromatic heterocycles. The van der Waals surface area contributed by atoms with Crippen LogP contribution < -0.4 is 0 Å². The number of rotatable bonds is 13. The van der Waals surface area contributed by atoms with Crippen LogP contribution in [0.4, 0.5) is 0 Å². The Morgan fingerprint density at radius 1 is 0.885 bits per heavy atom. The quantitative estimate of drug-likeness (QED) is 0.0851. The average Bonchev–Trinajstić information content (AvgIpc) is 3.21. The van der Waals surface area contributed by atoms with E-state index in [2.05, 4.69) is 24.8 Å². The topological polar surface area (TPSA) is 171 Å². The molecular formula is C37H52FeN6O8+2. The molecule has 2 fully saturated rings. The molecule has 14 nitrogen and oxygen atoms in total. The van der Waals surface area contributed by atoms with E-state index in [9.17, 15) is 25.2 Å². The average molecular weight is 765 g/mol. The van der Waals surface area contributed by atoms with Crippen LogP contribution in [-0.2, 0) is 49.2 Å². The summed E-state index contributed by atoms with van der Waals surface area (Å²) in [4.78, 5) is 32.5. The fourth-order valence-electron chi connectivity index (χ4n) is 6.26. The summed E-state index contributed by atoms with van der Waals surface area (Å²) in [6.07, 6.45) is -2.34. The van der Waals surface area contributed by atoms with Crippen molar-refractivity contribution < 1.29 is 61.0 Å². The molecule has 5 rings (SSSR count). The number of carbonyl (C=O) groups is 1. The van der Waals surface area contributed by atoms with E-state index < -0.39 is 54.9 Å². The maximum absolute atomic E-state index is 14.0. The van der Waals surface area contributed by atoms with Gasteiger partial charge in [-0.1, -0.05) is 18.2 Å². The molecule has 1 unspecified atom stereocenters. The van der Waals surface area contributed by atoms with E-state index in [0.717, 1.165) is 24.5 Å². The monoisotopic (exact) mass is 764 g/mol. The van der Waals surface area contributed by atoms with Crippen molar-refractivity contribution in [2.75, 3.05) is 52.5 Å². The van der Waals surface area contributed by atoms with Gasteiger partial charge in [-0.2, -0.15) is 0 Å². The van der Waals surface area contributed by atoms with Gasteiger partial charge in [-0.05, 0) is 56.7 Å². The van der Waals surface area contributed by atoms with Gasteiger partial charge in [0.05, 0.1) is 43.1 Å². The molecule has 2 aliphatic rings. The first-order chi connectivity index (χ1) is 24.5. The molecule has 0 aliphatic carbocycles. The number of aromatic nitrogens is 3. The van der Waals surface area contributed by atoms with Gasteiger partial charge in [0.2, 0.25) is 0 Å². The summed E-state index contributed by atoms with van der Waals surface area (Å²) in [6, 6.07) is 17.4. The molecule has 6 atom stereocenters. The fraction of sp³-hybridized carbons (Fsp3) is 0.541. The van der Waals surface area contributed by atoms with Crippen molar-refractivity contribution in [1.82, 2.24) is 24.8 Å². The van der Waals surface area contributed by atoms with E-state index in [-0.39, 0.29) is 34.6 Å². The zero-order valence-electron chi connectivity index (χ0n) is 29.8. The Hall–Kier alpha value is -2.92. The molecule has 284 valence electrons.